The predicted molar refractivity (Wildman–Crippen MR) is 94.8 cm³/mol. The number of fused-ring (bicyclic) bond motifs is 1. The van der Waals surface area contributed by atoms with Crippen molar-refractivity contribution in [1.82, 2.24) is 9.88 Å². The molecule has 3 aromatic rings. The Morgan fingerprint density at radius 1 is 1.30 bits per heavy atom. The molecule has 0 radical (unpaired) electrons. The molecule has 0 amide bonds. The van der Waals surface area contributed by atoms with Gasteiger partial charge >= 0.3 is 0 Å². The Morgan fingerprint density at radius 2 is 2.09 bits per heavy atom. The summed E-state index contributed by atoms with van der Waals surface area (Å²) in [5.74, 6) is 0. The summed E-state index contributed by atoms with van der Waals surface area (Å²) in [5, 5.41) is 18.6. The zero-order valence-electron chi connectivity index (χ0n) is 13.2. The summed E-state index contributed by atoms with van der Waals surface area (Å²) in [5.41, 5.74) is 1.56. The van der Waals surface area contributed by atoms with Gasteiger partial charge in [-0.3, -0.25) is 4.79 Å². The van der Waals surface area contributed by atoms with E-state index in [0.717, 1.165) is 16.5 Å². The number of pyridine rings is 1. The highest BCUT2D eigenvalue weighted by atomic mass is 32.1. The predicted octanol–water partition coefficient (Wildman–Crippen LogP) is 2.60. The van der Waals surface area contributed by atoms with Crippen LogP contribution in [0.5, 0.6) is 0 Å². The lowest BCUT2D eigenvalue weighted by Gasteiger charge is -2.23. The SMILES string of the molecule is Cn1c(=O)c(CNCC(C)(O)c2ccsc2)cc2ccccc21. The molecule has 1 unspecified atom stereocenters. The Labute approximate surface area is 139 Å². The Hall–Kier alpha value is -1.95. The van der Waals surface area contributed by atoms with Crippen LogP contribution in [0.4, 0.5) is 0 Å². The van der Waals surface area contributed by atoms with Crippen LogP contribution in [0.15, 0.2) is 52.0 Å². The molecule has 2 N–H and O–H groups in total. The van der Waals surface area contributed by atoms with E-state index in [1.807, 2.05) is 47.2 Å². The smallest absolute Gasteiger partial charge is 0.255 e. The van der Waals surface area contributed by atoms with Crippen LogP contribution in [0, 0.1) is 0 Å². The first kappa shape index (κ1) is 15.9. The third kappa shape index (κ3) is 3.22. The molecule has 5 heteroatoms. The van der Waals surface area contributed by atoms with E-state index in [2.05, 4.69) is 5.32 Å². The van der Waals surface area contributed by atoms with E-state index in [1.165, 1.54) is 0 Å². The van der Waals surface area contributed by atoms with Crippen LogP contribution in [0.3, 0.4) is 0 Å². The minimum Gasteiger partial charge on any atom is -0.384 e. The molecule has 0 aliphatic carbocycles. The maximum Gasteiger partial charge on any atom is 0.255 e. The molecule has 120 valence electrons. The number of rotatable bonds is 5. The van der Waals surface area contributed by atoms with Gasteiger partial charge in [0.25, 0.3) is 5.56 Å². The standard InChI is InChI=1S/C18H20N2O2S/c1-18(22,15-7-8-23-11-15)12-19-10-14-9-13-5-3-4-6-16(13)20(2)17(14)21/h3-9,11,19,22H,10,12H2,1-2H3. The second-order valence-corrected chi connectivity index (χ2v) is 6.76. The molecule has 1 aromatic carbocycles. The van der Waals surface area contributed by atoms with Gasteiger partial charge in [-0.05, 0) is 46.8 Å². The van der Waals surface area contributed by atoms with E-state index in [-0.39, 0.29) is 5.56 Å². The van der Waals surface area contributed by atoms with Crippen molar-refractivity contribution in [2.75, 3.05) is 6.54 Å². The summed E-state index contributed by atoms with van der Waals surface area (Å²) in [6.45, 7) is 2.60. The van der Waals surface area contributed by atoms with E-state index in [1.54, 1.807) is 29.9 Å². The number of aromatic nitrogens is 1. The number of benzene rings is 1. The van der Waals surface area contributed by atoms with E-state index in [9.17, 15) is 9.90 Å². The molecule has 0 aliphatic rings. The molecule has 4 nitrogen and oxygen atoms in total. The van der Waals surface area contributed by atoms with E-state index in [4.69, 9.17) is 0 Å². The average Bonchev–Trinajstić information content (AvgIpc) is 3.07. The Morgan fingerprint density at radius 3 is 2.83 bits per heavy atom. The maximum atomic E-state index is 12.4. The van der Waals surface area contributed by atoms with Crippen molar-refractivity contribution >= 4 is 22.2 Å². The van der Waals surface area contributed by atoms with Crippen molar-refractivity contribution in [2.24, 2.45) is 7.05 Å². The fourth-order valence-electron chi connectivity index (χ4n) is 2.73. The molecule has 0 aliphatic heterocycles. The zero-order chi connectivity index (χ0) is 16.4. The van der Waals surface area contributed by atoms with Gasteiger partial charge in [-0.15, -0.1) is 0 Å². The minimum atomic E-state index is -0.942. The largest absolute Gasteiger partial charge is 0.384 e. The molecular formula is C18H20N2O2S. The van der Waals surface area contributed by atoms with Crippen LogP contribution in [0.25, 0.3) is 10.9 Å². The highest BCUT2D eigenvalue weighted by molar-refractivity contribution is 7.08. The van der Waals surface area contributed by atoms with Gasteiger partial charge < -0.3 is 15.0 Å². The van der Waals surface area contributed by atoms with Gasteiger partial charge in [-0.2, -0.15) is 11.3 Å². The summed E-state index contributed by atoms with van der Waals surface area (Å²) in [6, 6.07) is 11.7. The first-order chi connectivity index (χ1) is 11.0. The van der Waals surface area contributed by atoms with Crippen molar-refractivity contribution in [2.45, 2.75) is 19.1 Å². The quantitative estimate of drug-likeness (QED) is 0.757. The van der Waals surface area contributed by atoms with Gasteiger partial charge in [-0.1, -0.05) is 18.2 Å². The molecule has 2 heterocycles. The number of thiophene rings is 1. The van der Waals surface area contributed by atoms with Crippen LogP contribution in [0.2, 0.25) is 0 Å². The Balaban J connectivity index is 1.77. The average molecular weight is 328 g/mol. The second kappa shape index (κ2) is 6.28. The third-order valence-electron chi connectivity index (χ3n) is 4.13. The van der Waals surface area contributed by atoms with Gasteiger partial charge in [0.1, 0.15) is 0 Å². The lowest BCUT2D eigenvalue weighted by atomic mass is 9.99. The number of hydrogen-bond donors (Lipinski definition) is 2. The third-order valence-corrected chi connectivity index (χ3v) is 4.82. The van der Waals surface area contributed by atoms with Crippen molar-refractivity contribution in [3.8, 4) is 0 Å². The highest BCUT2D eigenvalue weighted by Crippen LogP contribution is 2.22. The lowest BCUT2D eigenvalue weighted by molar-refractivity contribution is 0.0571. The molecule has 0 saturated carbocycles. The topological polar surface area (TPSA) is 54.3 Å². The van der Waals surface area contributed by atoms with Crippen LogP contribution >= 0.6 is 11.3 Å². The first-order valence-electron chi connectivity index (χ1n) is 7.52. The van der Waals surface area contributed by atoms with Gasteiger partial charge in [0.2, 0.25) is 0 Å². The number of aryl methyl sites for hydroxylation is 1. The summed E-state index contributed by atoms with van der Waals surface area (Å²) in [4.78, 5) is 12.4. The molecule has 0 spiro atoms. The van der Waals surface area contributed by atoms with Crippen LogP contribution in [-0.4, -0.2) is 16.2 Å². The van der Waals surface area contributed by atoms with Crippen LogP contribution < -0.4 is 10.9 Å². The zero-order valence-corrected chi connectivity index (χ0v) is 14.1. The molecule has 1 atom stereocenters. The van der Waals surface area contributed by atoms with Gasteiger partial charge in [0, 0.05) is 25.7 Å². The van der Waals surface area contributed by atoms with Crippen molar-refractivity contribution in [3.63, 3.8) is 0 Å². The first-order valence-corrected chi connectivity index (χ1v) is 8.47. The molecule has 0 bridgehead atoms. The monoisotopic (exact) mass is 328 g/mol. The molecule has 0 saturated heterocycles. The lowest BCUT2D eigenvalue weighted by Crippen LogP contribution is -2.36. The number of aliphatic hydroxyl groups is 1. The molecule has 0 fully saturated rings. The van der Waals surface area contributed by atoms with Crippen molar-refractivity contribution in [1.29, 1.82) is 0 Å². The molecule has 23 heavy (non-hydrogen) atoms. The maximum absolute atomic E-state index is 12.4. The Kier molecular flexibility index (Phi) is 4.35. The van der Waals surface area contributed by atoms with Crippen molar-refractivity contribution < 1.29 is 5.11 Å². The van der Waals surface area contributed by atoms with Crippen molar-refractivity contribution in [3.05, 3.63) is 68.6 Å². The summed E-state index contributed by atoms with van der Waals surface area (Å²) in [7, 11) is 1.79. The fraction of sp³-hybridized carbons (Fsp3) is 0.278. The normalized spacial score (nSPS) is 14.0. The van der Waals surface area contributed by atoms with Crippen LogP contribution in [0.1, 0.15) is 18.1 Å². The number of nitrogens with one attached hydrogen (secondary N) is 1. The molecule has 2 aromatic heterocycles. The summed E-state index contributed by atoms with van der Waals surface area (Å²) < 4.78 is 1.67. The summed E-state index contributed by atoms with van der Waals surface area (Å²) >= 11 is 1.56. The van der Waals surface area contributed by atoms with Gasteiger partial charge in [0.15, 0.2) is 0 Å². The number of nitrogens with zero attached hydrogens (tertiary/aromatic N) is 1. The van der Waals surface area contributed by atoms with E-state index in [0.29, 0.717) is 18.7 Å². The van der Waals surface area contributed by atoms with E-state index < -0.39 is 5.60 Å². The number of hydrogen-bond acceptors (Lipinski definition) is 4. The Bertz CT molecular complexity index is 866. The summed E-state index contributed by atoms with van der Waals surface area (Å²) in [6.07, 6.45) is 0. The van der Waals surface area contributed by atoms with E-state index >= 15 is 0 Å². The second-order valence-electron chi connectivity index (χ2n) is 5.98. The highest BCUT2D eigenvalue weighted by Gasteiger charge is 2.23. The fourth-order valence-corrected chi connectivity index (χ4v) is 3.51. The van der Waals surface area contributed by atoms with Gasteiger partial charge in [-0.25, -0.2) is 0 Å². The minimum absolute atomic E-state index is 0.00799. The molecule has 3 rings (SSSR count). The molecular weight excluding hydrogens is 308 g/mol. The number of para-hydroxylation sites is 1. The van der Waals surface area contributed by atoms with Gasteiger partial charge in [0.05, 0.1) is 11.1 Å². The van der Waals surface area contributed by atoms with Crippen LogP contribution in [-0.2, 0) is 19.2 Å².